The van der Waals surface area contributed by atoms with Crippen LogP contribution in [0.15, 0.2) is 36.4 Å². The summed E-state index contributed by atoms with van der Waals surface area (Å²) in [6.07, 6.45) is 1.80. The highest BCUT2D eigenvalue weighted by atomic mass is 32.2. The number of sulfonamides is 1. The van der Waals surface area contributed by atoms with Crippen molar-refractivity contribution in [2.75, 3.05) is 31.8 Å². The molecule has 2 aromatic carbocycles. The predicted molar refractivity (Wildman–Crippen MR) is 114 cm³/mol. The van der Waals surface area contributed by atoms with Crippen LogP contribution in [0.4, 0.5) is 5.69 Å². The van der Waals surface area contributed by atoms with E-state index in [0.29, 0.717) is 29.2 Å². The number of benzene rings is 2. The normalized spacial score (nSPS) is 12.2. The molecule has 1 amide bonds. The van der Waals surface area contributed by atoms with E-state index < -0.39 is 10.0 Å². The maximum atomic E-state index is 12.9. The van der Waals surface area contributed by atoms with E-state index in [1.165, 1.54) is 11.4 Å². The third-order valence-electron chi connectivity index (χ3n) is 4.83. The average molecular weight is 421 g/mol. The molecule has 0 aliphatic heterocycles. The lowest BCUT2D eigenvalue weighted by molar-refractivity contribution is 0.0935. The highest BCUT2D eigenvalue weighted by Crippen LogP contribution is 2.31. The third kappa shape index (κ3) is 5.20. The number of rotatable bonds is 8. The highest BCUT2D eigenvalue weighted by molar-refractivity contribution is 7.92. The van der Waals surface area contributed by atoms with Crippen molar-refractivity contribution in [3.63, 3.8) is 0 Å². The van der Waals surface area contributed by atoms with Gasteiger partial charge in [0, 0.05) is 12.6 Å². The molecule has 29 heavy (non-hydrogen) atoms. The van der Waals surface area contributed by atoms with Gasteiger partial charge in [-0.1, -0.05) is 19.1 Å². The number of hydrogen-bond donors (Lipinski definition) is 1. The first-order chi connectivity index (χ1) is 13.6. The number of nitrogens with zero attached hydrogens (tertiary/aromatic N) is 1. The number of anilines is 1. The summed E-state index contributed by atoms with van der Waals surface area (Å²) in [5.74, 6) is 0.921. The summed E-state index contributed by atoms with van der Waals surface area (Å²) in [6, 6.07) is 10.3. The molecule has 0 aliphatic carbocycles. The van der Waals surface area contributed by atoms with Crippen molar-refractivity contribution in [1.29, 1.82) is 0 Å². The maximum absolute atomic E-state index is 12.9. The standard InChI is InChI=1S/C21H28N2O5S/c1-7-17(15-10-11-19(27-4)20(13-15)28-5)22-21(24)16-9-8-14(2)18(12-16)23(3)29(6,25)26/h8-13,17H,7H2,1-6H3,(H,22,24). The van der Waals surface area contributed by atoms with Gasteiger partial charge in [0.1, 0.15) is 0 Å². The Morgan fingerprint density at radius 3 is 2.31 bits per heavy atom. The Balaban J connectivity index is 2.31. The summed E-state index contributed by atoms with van der Waals surface area (Å²) >= 11 is 0. The molecular formula is C21H28N2O5S. The molecular weight excluding hydrogens is 392 g/mol. The summed E-state index contributed by atoms with van der Waals surface area (Å²) in [5, 5.41) is 3.01. The fourth-order valence-electron chi connectivity index (χ4n) is 3.00. The van der Waals surface area contributed by atoms with E-state index in [1.54, 1.807) is 45.4 Å². The van der Waals surface area contributed by atoms with Crippen LogP contribution in [-0.2, 0) is 10.0 Å². The lowest BCUT2D eigenvalue weighted by Crippen LogP contribution is -2.29. The van der Waals surface area contributed by atoms with E-state index in [9.17, 15) is 13.2 Å². The number of carbonyl (C=O) groups excluding carboxylic acids is 1. The van der Waals surface area contributed by atoms with E-state index in [-0.39, 0.29) is 11.9 Å². The first-order valence-corrected chi connectivity index (χ1v) is 11.0. The summed E-state index contributed by atoms with van der Waals surface area (Å²) < 4.78 is 35.6. The number of methoxy groups -OCH3 is 2. The Kier molecular flexibility index (Phi) is 7.13. The minimum absolute atomic E-state index is 0.236. The molecule has 2 aromatic rings. The second kappa shape index (κ2) is 9.17. The van der Waals surface area contributed by atoms with Gasteiger partial charge in [-0.15, -0.1) is 0 Å². The number of amides is 1. The summed E-state index contributed by atoms with van der Waals surface area (Å²) in [5.41, 5.74) is 2.51. The number of hydrogen-bond acceptors (Lipinski definition) is 5. The Hall–Kier alpha value is -2.74. The van der Waals surface area contributed by atoms with Gasteiger partial charge in [-0.3, -0.25) is 9.10 Å². The molecule has 2 rings (SSSR count). The molecule has 0 fully saturated rings. The second-order valence-corrected chi connectivity index (χ2v) is 8.79. The number of nitrogens with one attached hydrogen (secondary N) is 1. The van der Waals surface area contributed by atoms with E-state index in [0.717, 1.165) is 17.4 Å². The number of carbonyl (C=O) groups is 1. The lowest BCUT2D eigenvalue weighted by Gasteiger charge is -2.21. The van der Waals surface area contributed by atoms with Crippen LogP contribution in [0.3, 0.4) is 0 Å². The minimum atomic E-state index is -3.43. The van der Waals surface area contributed by atoms with Crippen molar-refractivity contribution in [3.8, 4) is 11.5 Å². The lowest BCUT2D eigenvalue weighted by atomic mass is 10.0. The fourth-order valence-corrected chi connectivity index (χ4v) is 3.55. The van der Waals surface area contributed by atoms with E-state index in [4.69, 9.17) is 9.47 Å². The van der Waals surface area contributed by atoms with Gasteiger partial charge in [-0.05, 0) is 48.7 Å². The first-order valence-electron chi connectivity index (χ1n) is 9.19. The van der Waals surface area contributed by atoms with Gasteiger partial charge in [0.2, 0.25) is 10.0 Å². The van der Waals surface area contributed by atoms with Crippen LogP contribution in [0.1, 0.15) is 40.9 Å². The Bertz CT molecular complexity index is 989. The van der Waals surface area contributed by atoms with Crippen LogP contribution in [-0.4, -0.2) is 41.8 Å². The smallest absolute Gasteiger partial charge is 0.251 e. The molecule has 8 heteroatoms. The predicted octanol–water partition coefficient (Wildman–Crippen LogP) is 3.29. The zero-order valence-corrected chi connectivity index (χ0v) is 18.5. The molecule has 0 aromatic heterocycles. The van der Waals surface area contributed by atoms with Gasteiger partial charge in [-0.2, -0.15) is 0 Å². The fraction of sp³-hybridized carbons (Fsp3) is 0.381. The molecule has 0 heterocycles. The zero-order valence-electron chi connectivity index (χ0n) is 17.6. The van der Waals surface area contributed by atoms with Gasteiger partial charge < -0.3 is 14.8 Å². The van der Waals surface area contributed by atoms with Crippen molar-refractivity contribution < 1.29 is 22.7 Å². The topological polar surface area (TPSA) is 84.9 Å². The Morgan fingerprint density at radius 2 is 1.76 bits per heavy atom. The highest BCUT2D eigenvalue weighted by Gasteiger charge is 2.19. The molecule has 1 N–H and O–H groups in total. The second-order valence-electron chi connectivity index (χ2n) is 6.78. The summed E-state index contributed by atoms with van der Waals surface area (Å²) in [4.78, 5) is 12.9. The molecule has 1 unspecified atom stereocenters. The van der Waals surface area contributed by atoms with E-state index in [1.807, 2.05) is 19.1 Å². The minimum Gasteiger partial charge on any atom is -0.493 e. The van der Waals surface area contributed by atoms with Crippen LogP contribution >= 0.6 is 0 Å². The SMILES string of the molecule is CCC(NC(=O)c1ccc(C)c(N(C)S(C)(=O)=O)c1)c1ccc(OC)c(OC)c1. The summed E-state index contributed by atoms with van der Waals surface area (Å²) in [6.45, 7) is 3.77. The molecule has 0 spiro atoms. The molecule has 0 aliphatic rings. The van der Waals surface area contributed by atoms with Crippen molar-refractivity contribution in [3.05, 3.63) is 53.1 Å². The zero-order chi connectivity index (χ0) is 21.8. The molecule has 0 bridgehead atoms. The summed E-state index contributed by atoms with van der Waals surface area (Å²) in [7, 11) is 1.17. The van der Waals surface area contributed by atoms with Crippen molar-refractivity contribution in [2.24, 2.45) is 0 Å². The van der Waals surface area contributed by atoms with E-state index in [2.05, 4.69) is 5.32 Å². The van der Waals surface area contributed by atoms with Crippen molar-refractivity contribution in [2.45, 2.75) is 26.3 Å². The third-order valence-corrected chi connectivity index (χ3v) is 6.02. The van der Waals surface area contributed by atoms with Crippen LogP contribution in [0.25, 0.3) is 0 Å². The van der Waals surface area contributed by atoms with Crippen LogP contribution in [0, 0.1) is 6.92 Å². The first kappa shape index (κ1) is 22.5. The molecule has 1 atom stereocenters. The van der Waals surface area contributed by atoms with Crippen LogP contribution in [0.5, 0.6) is 11.5 Å². The largest absolute Gasteiger partial charge is 0.493 e. The van der Waals surface area contributed by atoms with Gasteiger partial charge >= 0.3 is 0 Å². The van der Waals surface area contributed by atoms with Crippen molar-refractivity contribution >= 4 is 21.6 Å². The van der Waals surface area contributed by atoms with E-state index >= 15 is 0 Å². The average Bonchev–Trinajstić information content (AvgIpc) is 2.70. The Morgan fingerprint density at radius 1 is 1.10 bits per heavy atom. The monoisotopic (exact) mass is 420 g/mol. The van der Waals surface area contributed by atoms with Gasteiger partial charge in [0.05, 0.1) is 32.2 Å². The number of aryl methyl sites for hydroxylation is 1. The van der Waals surface area contributed by atoms with Gasteiger partial charge in [-0.25, -0.2) is 8.42 Å². The quantitative estimate of drug-likeness (QED) is 0.708. The van der Waals surface area contributed by atoms with Gasteiger partial charge in [0.25, 0.3) is 5.91 Å². The maximum Gasteiger partial charge on any atom is 0.251 e. The van der Waals surface area contributed by atoms with Gasteiger partial charge in [0.15, 0.2) is 11.5 Å². The molecule has 0 saturated carbocycles. The van der Waals surface area contributed by atoms with Crippen molar-refractivity contribution in [1.82, 2.24) is 5.32 Å². The molecule has 0 saturated heterocycles. The molecule has 7 nitrogen and oxygen atoms in total. The molecule has 0 radical (unpaired) electrons. The number of ether oxygens (including phenoxy) is 2. The Labute approximate surface area is 172 Å². The van der Waals surface area contributed by atoms with Crippen LogP contribution in [0.2, 0.25) is 0 Å². The molecule has 158 valence electrons. The van der Waals surface area contributed by atoms with Crippen LogP contribution < -0.4 is 19.1 Å².